The first kappa shape index (κ1) is 27.3. The number of aliphatic hydroxyl groups excluding tert-OH is 1. The molecule has 2 saturated heterocycles. The van der Waals surface area contributed by atoms with E-state index in [1.54, 1.807) is 13.0 Å². The molecule has 4 aliphatic heterocycles. The lowest BCUT2D eigenvalue weighted by Gasteiger charge is -2.40. The molecule has 6 atom stereocenters. The summed E-state index contributed by atoms with van der Waals surface area (Å²) in [7, 11) is 0. The number of amides is 3. The summed E-state index contributed by atoms with van der Waals surface area (Å²) in [5.41, 5.74) is -1.33. The number of allylic oxidation sites excluding steroid dienone is 1. The number of hydrogen-bond acceptors (Lipinski definition) is 7. The third kappa shape index (κ3) is 4.70. The Balaban J connectivity index is 1.57. The van der Waals surface area contributed by atoms with Gasteiger partial charge in [-0.05, 0) is 32.3 Å². The number of aliphatic hydroxyl groups is 1. The van der Waals surface area contributed by atoms with Crippen LogP contribution in [0.3, 0.4) is 0 Å². The Labute approximate surface area is 230 Å². The molecule has 0 unspecified atom stereocenters. The molecule has 2 N–H and O–H groups in total. The molecule has 38 heavy (non-hydrogen) atoms. The Hall–Kier alpha value is -2.24. The number of carbonyl (C=O) groups is 4. The average Bonchev–Trinajstić information content (AvgIpc) is 3.48. The third-order valence-electron chi connectivity index (χ3n) is 8.48. The highest BCUT2D eigenvalue weighted by Gasteiger charge is 2.75. The summed E-state index contributed by atoms with van der Waals surface area (Å²) in [6.45, 7) is 1.83. The molecule has 10 nitrogen and oxygen atoms in total. The molecule has 208 valence electrons. The summed E-state index contributed by atoms with van der Waals surface area (Å²) in [6, 6.07) is -0.991. The molecule has 11 heteroatoms. The van der Waals surface area contributed by atoms with Crippen molar-refractivity contribution in [3.63, 3.8) is 0 Å². The molecular weight excluding hydrogens is 558 g/mol. The van der Waals surface area contributed by atoms with Crippen molar-refractivity contribution in [2.45, 2.75) is 81.8 Å². The van der Waals surface area contributed by atoms with Crippen LogP contribution in [0.4, 0.5) is 0 Å². The molecule has 1 saturated carbocycles. The van der Waals surface area contributed by atoms with Gasteiger partial charge in [-0.25, -0.2) is 0 Å². The molecule has 0 aromatic heterocycles. The fraction of sp³-hybridized carbons (Fsp3) is 0.704. The third-order valence-corrected chi connectivity index (χ3v) is 9.16. The van der Waals surface area contributed by atoms with E-state index in [4.69, 9.17) is 9.47 Å². The monoisotopic (exact) mass is 593 g/mol. The minimum Gasteiger partial charge on any atom is -0.460 e. The van der Waals surface area contributed by atoms with E-state index in [1.165, 1.54) is 4.90 Å². The fourth-order valence-electron chi connectivity index (χ4n) is 6.77. The van der Waals surface area contributed by atoms with Crippen LogP contribution in [0.2, 0.25) is 0 Å². The largest absolute Gasteiger partial charge is 0.460 e. The van der Waals surface area contributed by atoms with Gasteiger partial charge in [-0.1, -0.05) is 47.3 Å². The molecule has 1 spiro atoms. The number of esters is 1. The number of fused-ring (bicyclic) bond motifs is 2. The quantitative estimate of drug-likeness (QED) is 0.374. The van der Waals surface area contributed by atoms with Gasteiger partial charge in [0.15, 0.2) is 0 Å². The second kappa shape index (κ2) is 11.1. The minimum absolute atomic E-state index is 0.0143. The highest BCUT2D eigenvalue weighted by Crippen LogP contribution is 2.58. The normalized spacial score (nSPS) is 37.7. The van der Waals surface area contributed by atoms with Gasteiger partial charge in [-0.2, -0.15) is 0 Å². The maximum atomic E-state index is 14.5. The number of ether oxygens (including phenoxy) is 2. The van der Waals surface area contributed by atoms with Crippen LogP contribution in [0.15, 0.2) is 22.7 Å². The van der Waals surface area contributed by atoms with E-state index in [2.05, 4.69) is 21.2 Å². The zero-order chi connectivity index (χ0) is 27.0. The van der Waals surface area contributed by atoms with Gasteiger partial charge < -0.3 is 29.7 Å². The summed E-state index contributed by atoms with van der Waals surface area (Å²) >= 11 is 3.53. The fourth-order valence-corrected chi connectivity index (χ4v) is 7.50. The lowest BCUT2D eigenvalue weighted by atomic mass is 9.74. The summed E-state index contributed by atoms with van der Waals surface area (Å²) in [5, 5.41) is 12.6. The maximum absolute atomic E-state index is 14.5. The van der Waals surface area contributed by atoms with Crippen LogP contribution in [0.5, 0.6) is 0 Å². The Morgan fingerprint density at radius 2 is 1.89 bits per heavy atom. The van der Waals surface area contributed by atoms with E-state index in [9.17, 15) is 24.3 Å². The number of hydrogen-bond donors (Lipinski definition) is 2. The van der Waals surface area contributed by atoms with Crippen LogP contribution >= 0.6 is 15.9 Å². The van der Waals surface area contributed by atoms with Crippen molar-refractivity contribution in [1.82, 2.24) is 15.1 Å². The first-order valence-corrected chi connectivity index (χ1v) is 14.5. The number of nitrogens with zero attached hydrogens (tertiary/aromatic N) is 2. The molecule has 0 aromatic carbocycles. The highest BCUT2D eigenvalue weighted by molar-refractivity contribution is 9.11. The van der Waals surface area contributed by atoms with Crippen LogP contribution in [0.25, 0.3) is 0 Å². The predicted octanol–water partition coefficient (Wildman–Crippen LogP) is 1.41. The van der Waals surface area contributed by atoms with Crippen LogP contribution in [-0.4, -0.2) is 94.7 Å². The first-order valence-electron chi connectivity index (χ1n) is 13.7. The predicted molar refractivity (Wildman–Crippen MR) is 140 cm³/mol. The molecule has 5 bridgehead atoms. The zero-order valence-corrected chi connectivity index (χ0v) is 23.2. The number of rotatable bonds is 3. The summed E-state index contributed by atoms with van der Waals surface area (Å²) in [6.07, 6.45) is 9.94. The summed E-state index contributed by atoms with van der Waals surface area (Å²) in [4.78, 5) is 57.3. The Morgan fingerprint density at radius 1 is 1.13 bits per heavy atom. The van der Waals surface area contributed by atoms with Gasteiger partial charge in [0.25, 0.3) is 0 Å². The van der Waals surface area contributed by atoms with Crippen LogP contribution < -0.4 is 5.32 Å². The van der Waals surface area contributed by atoms with E-state index in [1.807, 2.05) is 17.1 Å². The number of carbonyl (C=O) groups excluding carboxylic acids is 4. The summed E-state index contributed by atoms with van der Waals surface area (Å²) < 4.78 is 12.7. The highest BCUT2D eigenvalue weighted by atomic mass is 79.9. The number of β-amino-alcohol motifs (C(OH)–C–C–N with tert-alkyl or cyclic N) is 1. The summed E-state index contributed by atoms with van der Waals surface area (Å²) in [5.74, 6) is -3.27. The maximum Gasteiger partial charge on any atom is 0.313 e. The van der Waals surface area contributed by atoms with E-state index >= 15 is 0 Å². The van der Waals surface area contributed by atoms with Crippen molar-refractivity contribution in [2.75, 3.05) is 26.2 Å². The van der Waals surface area contributed by atoms with Gasteiger partial charge in [0.2, 0.25) is 17.7 Å². The molecule has 1 aliphatic carbocycles. The van der Waals surface area contributed by atoms with Gasteiger partial charge in [0.1, 0.15) is 29.8 Å². The van der Waals surface area contributed by atoms with Crippen molar-refractivity contribution in [3.05, 3.63) is 22.7 Å². The lowest BCUT2D eigenvalue weighted by molar-refractivity contribution is -0.158. The van der Waals surface area contributed by atoms with Crippen molar-refractivity contribution >= 4 is 39.6 Å². The van der Waals surface area contributed by atoms with Crippen molar-refractivity contribution in [1.29, 1.82) is 0 Å². The van der Waals surface area contributed by atoms with Crippen LogP contribution in [0, 0.1) is 11.8 Å². The van der Waals surface area contributed by atoms with Gasteiger partial charge in [0.05, 0.1) is 19.1 Å². The molecule has 3 fully saturated rings. The second-order valence-corrected chi connectivity index (χ2v) is 11.8. The molecule has 0 aromatic rings. The molecule has 0 radical (unpaired) electrons. The zero-order valence-electron chi connectivity index (χ0n) is 21.6. The standard InChI is InChI=1S/C27H36BrN3O7/c1-16-15-29-19(33)10-6-3-7-11-30(17-8-4-2-5-9-17)25(35)23-27-14-18(28)22(38-27)20(26(36)37-16)21(27)24(34)31(23)12-13-32/h3,7,14,16-17,20-23,32H,2,4-6,8-13,15H2,1H3,(H,29,33)/b7-3-/t16-,20+,21-,22+,23+,27-/m1/s1. The van der Waals surface area contributed by atoms with Gasteiger partial charge >= 0.3 is 5.97 Å². The lowest BCUT2D eigenvalue weighted by Crippen LogP contribution is -2.58. The number of nitrogens with one attached hydrogen (secondary N) is 1. The number of cyclic esters (lactones) is 1. The SMILES string of the molecule is C[C@@H]1CNC(=O)CC/C=C\CN(C2CCCCC2)C(=O)[C@@H]2N(CCO)C(=O)[C@H]3[C@H](C(=O)O1)[C@H]1O[C@@]23C=C1Br. The second-order valence-electron chi connectivity index (χ2n) is 10.9. The van der Waals surface area contributed by atoms with Crippen LogP contribution in [-0.2, 0) is 28.7 Å². The molecular formula is C27H36BrN3O7. The number of likely N-dealkylation sites (tertiary alicyclic amines) is 1. The van der Waals surface area contributed by atoms with Gasteiger partial charge in [-0.3, -0.25) is 19.2 Å². The molecule has 5 aliphatic rings. The van der Waals surface area contributed by atoms with Crippen molar-refractivity contribution < 1.29 is 33.8 Å². The van der Waals surface area contributed by atoms with Crippen molar-refractivity contribution in [3.8, 4) is 0 Å². The first-order chi connectivity index (χ1) is 18.3. The Morgan fingerprint density at radius 3 is 2.63 bits per heavy atom. The van der Waals surface area contributed by atoms with Crippen LogP contribution in [0.1, 0.15) is 51.9 Å². The van der Waals surface area contributed by atoms with E-state index < -0.39 is 41.7 Å². The van der Waals surface area contributed by atoms with E-state index in [-0.39, 0.29) is 49.9 Å². The topological polar surface area (TPSA) is 125 Å². The van der Waals surface area contributed by atoms with Gasteiger partial charge in [-0.15, -0.1) is 0 Å². The van der Waals surface area contributed by atoms with Crippen molar-refractivity contribution in [2.24, 2.45) is 11.8 Å². The minimum atomic E-state index is -1.33. The average molecular weight is 595 g/mol. The molecule has 5 rings (SSSR count). The molecule has 3 amide bonds. The smallest absolute Gasteiger partial charge is 0.313 e. The van der Waals surface area contributed by atoms with E-state index in [0.717, 1.165) is 32.1 Å². The Kier molecular flexibility index (Phi) is 7.98. The van der Waals surface area contributed by atoms with E-state index in [0.29, 0.717) is 17.4 Å². The molecule has 4 heterocycles. The number of halogens is 1. The van der Waals surface area contributed by atoms with Gasteiger partial charge in [0, 0.05) is 30.0 Å². The Bertz CT molecular complexity index is 1040.